The van der Waals surface area contributed by atoms with Crippen LogP contribution in [0.5, 0.6) is 0 Å². The van der Waals surface area contributed by atoms with Crippen molar-refractivity contribution in [3.05, 3.63) is 18.0 Å². The van der Waals surface area contributed by atoms with E-state index in [-0.39, 0.29) is 11.9 Å². The van der Waals surface area contributed by atoms with E-state index < -0.39 is 11.9 Å². The molecular weight excluding hydrogens is 345 g/mol. The van der Waals surface area contributed by atoms with Crippen LogP contribution in [0, 0.1) is 11.8 Å². The molecule has 1 aliphatic carbocycles. The zero-order chi connectivity index (χ0) is 18.6. The van der Waals surface area contributed by atoms with Gasteiger partial charge >= 0.3 is 6.18 Å². The number of piperidine rings is 1. The Balaban J connectivity index is 1.43. The zero-order valence-corrected chi connectivity index (χ0v) is 14.8. The first-order chi connectivity index (χ1) is 12.4. The highest BCUT2D eigenvalue weighted by molar-refractivity contribution is 5.76. The third kappa shape index (κ3) is 5.08. The lowest BCUT2D eigenvalue weighted by Crippen LogP contribution is -2.39. The van der Waals surface area contributed by atoms with Crippen LogP contribution in [0.3, 0.4) is 0 Å². The molecule has 1 N–H and O–H groups in total. The van der Waals surface area contributed by atoms with E-state index in [1.165, 1.54) is 12.8 Å². The second-order valence-corrected chi connectivity index (χ2v) is 7.33. The monoisotopic (exact) mass is 370 g/mol. The van der Waals surface area contributed by atoms with Gasteiger partial charge in [0.1, 0.15) is 5.69 Å². The minimum absolute atomic E-state index is 0.126. The maximum Gasteiger partial charge on any atom is 0.433 e. The van der Waals surface area contributed by atoms with Crippen LogP contribution in [0.15, 0.2) is 12.3 Å². The summed E-state index contributed by atoms with van der Waals surface area (Å²) in [5.41, 5.74) is -0.913. The van der Waals surface area contributed by atoms with E-state index in [4.69, 9.17) is 0 Å². The fourth-order valence-electron chi connectivity index (χ4n) is 3.80. The van der Waals surface area contributed by atoms with Gasteiger partial charge in [0, 0.05) is 32.3 Å². The summed E-state index contributed by atoms with van der Waals surface area (Å²) in [6.45, 7) is 1.85. The Kier molecular flexibility index (Phi) is 5.98. The molecule has 5 nitrogen and oxygen atoms in total. The molecule has 2 heterocycles. The van der Waals surface area contributed by atoms with Crippen LogP contribution in [0.4, 0.5) is 19.1 Å². The predicted molar refractivity (Wildman–Crippen MR) is 91.6 cm³/mol. The van der Waals surface area contributed by atoms with Crippen molar-refractivity contribution in [3.63, 3.8) is 0 Å². The summed E-state index contributed by atoms with van der Waals surface area (Å²) < 4.78 is 38.3. The third-order valence-electron chi connectivity index (χ3n) is 5.37. The molecule has 0 aromatic carbocycles. The summed E-state index contributed by atoms with van der Waals surface area (Å²) >= 11 is 0. The molecule has 1 aromatic heterocycles. The number of alkyl halides is 3. The van der Waals surface area contributed by atoms with Gasteiger partial charge in [-0.3, -0.25) is 4.79 Å². The predicted octanol–water partition coefficient (Wildman–Crippen LogP) is 3.41. The second-order valence-electron chi connectivity index (χ2n) is 7.33. The Morgan fingerprint density at radius 3 is 2.50 bits per heavy atom. The molecule has 2 aliphatic rings. The number of amides is 1. The Bertz CT molecular complexity index is 609. The average molecular weight is 370 g/mol. The van der Waals surface area contributed by atoms with E-state index in [2.05, 4.69) is 15.3 Å². The van der Waals surface area contributed by atoms with Crippen LogP contribution in [0.2, 0.25) is 0 Å². The molecule has 26 heavy (non-hydrogen) atoms. The average Bonchev–Trinajstić information content (AvgIpc) is 3.13. The molecule has 144 valence electrons. The van der Waals surface area contributed by atoms with Gasteiger partial charge in [-0.25, -0.2) is 9.97 Å². The number of rotatable bonds is 5. The first kappa shape index (κ1) is 18.9. The molecule has 1 saturated heterocycles. The van der Waals surface area contributed by atoms with Crippen LogP contribution >= 0.6 is 0 Å². The van der Waals surface area contributed by atoms with Crippen LogP contribution < -0.4 is 10.2 Å². The molecular formula is C18H25F3N4O. The Morgan fingerprint density at radius 1 is 1.15 bits per heavy atom. The first-order valence-electron chi connectivity index (χ1n) is 9.33. The van der Waals surface area contributed by atoms with Crippen LogP contribution in [0.25, 0.3) is 0 Å². The molecule has 3 rings (SSSR count). The van der Waals surface area contributed by atoms with Crippen LogP contribution in [0.1, 0.15) is 50.6 Å². The van der Waals surface area contributed by atoms with Crippen molar-refractivity contribution in [2.24, 2.45) is 11.8 Å². The normalized spacial score (nSPS) is 19.7. The van der Waals surface area contributed by atoms with E-state index >= 15 is 0 Å². The Labute approximate surface area is 151 Å². The summed E-state index contributed by atoms with van der Waals surface area (Å²) in [6.07, 6.45) is 3.71. The van der Waals surface area contributed by atoms with Gasteiger partial charge in [-0.05, 0) is 43.6 Å². The lowest BCUT2D eigenvalue weighted by Gasteiger charge is -2.32. The summed E-state index contributed by atoms with van der Waals surface area (Å²) in [5.74, 6) is 1.14. The van der Waals surface area contributed by atoms with Crippen molar-refractivity contribution in [2.45, 2.75) is 51.1 Å². The van der Waals surface area contributed by atoms with Gasteiger partial charge in [0.2, 0.25) is 11.9 Å². The van der Waals surface area contributed by atoms with Crippen molar-refractivity contribution >= 4 is 11.9 Å². The minimum atomic E-state index is -4.46. The highest BCUT2D eigenvalue weighted by atomic mass is 19.4. The fourth-order valence-corrected chi connectivity index (χ4v) is 3.80. The summed E-state index contributed by atoms with van der Waals surface area (Å²) in [6, 6.07) is 0.885. The maximum absolute atomic E-state index is 12.8. The van der Waals surface area contributed by atoms with Crippen molar-refractivity contribution in [3.8, 4) is 0 Å². The molecule has 2 fully saturated rings. The molecule has 1 aromatic rings. The Hall–Kier alpha value is -1.86. The zero-order valence-electron chi connectivity index (χ0n) is 14.8. The van der Waals surface area contributed by atoms with Gasteiger partial charge in [0.05, 0.1) is 0 Å². The molecule has 0 radical (unpaired) electrons. The molecule has 1 saturated carbocycles. The number of hydrogen-bond donors (Lipinski definition) is 1. The van der Waals surface area contributed by atoms with Gasteiger partial charge in [0.25, 0.3) is 0 Å². The Morgan fingerprint density at radius 2 is 1.85 bits per heavy atom. The van der Waals surface area contributed by atoms with Gasteiger partial charge in [-0.2, -0.15) is 13.2 Å². The van der Waals surface area contributed by atoms with Crippen molar-refractivity contribution < 1.29 is 18.0 Å². The largest absolute Gasteiger partial charge is 0.433 e. The molecule has 8 heteroatoms. The quantitative estimate of drug-likeness (QED) is 0.863. The highest BCUT2D eigenvalue weighted by Gasteiger charge is 2.33. The molecule has 0 spiro atoms. The SMILES string of the molecule is O=C(CC1CCCC1)NCC1CCN(c2nccc(C(F)(F)F)n2)CC1. The fraction of sp³-hybridized carbons (Fsp3) is 0.722. The van der Waals surface area contributed by atoms with Crippen molar-refractivity contribution in [1.29, 1.82) is 0 Å². The number of hydrogen-bond acceptors (Lipinski definition) is 4. The third-order valence-corrected chi connectivity index (χ3v) is 5.37. The summed E-state index contributed by atoms with van der Waals surface area (Å²) in [4.78, 5) is 21.4. The van der Waals surface area contributed by atoms with Gasteiger partial charge in [-0.1, -0.05) is 12.8 Å². The van der Waals surface area contributed by atoms with E-state index in [1.54, 1.807) is 4.90 Å². The van der Waals surface area contributed by atoms with E-state index in [0.29, 0.717) is 37.9 Å². The molecule has 1 amide bonds. The number of halogens is 3. The van der Waals surface area contributed by atoms with E-state index in [9.17, 15) is 18.0 Å². The first-order valence-corrected chi connectivity index (χ1v) is 9.33. The van der Waals surface area contributed by atoms with Crippen LogP contribution in [-0.4, -0.2) is 35.5 Å². The number of nitrogens with zero attached hydrogens (tertiary/aromatic N) is 3. The number of nitrogens with one attached hydrogen (secondary N) is 1. The highest BCUT2D eigenvalue weighted by Crippen LogP contribution is 2.29. The standard InChI is InChI=1S/C18H25F3N4O/c19-18(20,21)15-5-8-22-17(24-15)25-9-6-14(7-10-25)12-23-16(26)11-13-3-1-2-4-13/h5,8,13-14H,1-4,6-7,9-12H2,(H,23,26). The maximum atomic E-state index is 12.8. The van der Waals surface area contributed by atoms with Crippen molar-refractivity contribution in [2.75, 3.05) is 24.5 Å². The minimum Gasteiger partial charge on any atom is -0.356 e. The van der Waals surface area contributed by atoms with E-state index in [0.717, 1.165) is 37.9 Å². The number of aromatic nitrogens is 2. The molecule has 0 atom stereocenters. The number of carbonyl (C=O) groups excluding carboxylic acids is 1. The number of carbonyl (C=O) groups is 1. The topological polar surface area (TPSA) is 58.1 Å². The summed E-state index contributed by atoms with van der Waals surface area (Å²) in [7, 11) is 0. The number of anilines is 1. The van der Waals surface area contributed by atoms with E-state index in [1.807, 2.05) is 0 Å². The second kappa shape index (κ2) is 8.22. The van der Waals surface area contributed by atoms with Crippen molar-refractivity contribution in [1.82, 2.24) is 15.3 Å². The van der Waals surface area contributed by atoms with Gasteiger partial charge in [0.15, 0.2) is 0 Å². The van der Waals surface area contributed by atoms with Gasteiger partial charge < -0.3 is 10.2 Å². The van der Waals surface area contributed by atoms with Crippen LogP contribution in [-0.2, 0) is 11.0 Å². The smallest absolute Gasteiger partial charge is 0.356 e. The molecule has 0 unspecified atom stereocenters. The lowest BCUT2D eigenvalue weighted by atomic mass is 9.96. The molecule has 1 aliphatic heterocycles. The van der Waals surface area contributed by atoms with Gasteiger partial charge in [-0.15, -0.1) is 0 Å². The molecule has 0 bridgehead atoms. The summed E-state index contributed by atoms with van der Waals surface area (Å²) in [5, 5.41) is 3.03. The lowest BCUT2D eigenvalue weighted by molar-refractivity contribution is -0.141.